The van der Waals surface area contributed by atoms with Gasteiger partial charge < -0.3 is 1.43 Å². The van der Waals surface area contributed by atoms with E-state index in [4.69, 9.17) is 4.55 Å². The molecule has 0 aliphatic carbocycles. The van der Waals surface area contributed by atoms with Crippen LogP contribution < -0.4 is 29.6 Å². The van der Waals surface area contributed by atoms with Crippen LogP contribution in [-0.4, -0.2) is 13.0 Å². The van der Waals surface area contributed by atoms with E-state index in [1.807, 2.05) is 22.6 Å². The van der Waals surface area contributed by atoms with E-state index in [0.717, 1.165) is 0 Å². The van der Waals surface area contributed by atoms with Crippen molar-refractivity contribution in [2.45, 2.75) is 4.90 Å². The Morgan fingerprint density at radius 3 is 2.17 bits per heavy atom. The van der Waals surface area contributed by atoms with Gasteiger partial charge in [-0.1, -0.05) is 12.1 Å². The zero-order valence-electron chi connectivity index (χ0n) is 7.36. The first-order valence-electron chi connectivity index (χ1n) is 2.74. The topological polar surface area (TPSA) is 54.4 Å². The first kappa shape index (κ1) is 12.9. The Kier molecular flexibility index (Phi) is 5.27. The quantitative estimate of drug-likeness (QED) is 0.397. The first-order chi connectivity index (χ1) is 5.02. The molecule has 1 rings (SSSR count). The van der Waals surface area contributed by atoms with Gasteiger partial charge in [-0.15, -0.1) is 0 Å². The second-order valence-electron chi connectivity index (χ2n) is 1.91. The maximum Gasteiger partial charge on any atom is 1.00 e. The minimum atomic E-state index is -4.04. The van der Waals surface area contributed by atoms with E-state index in [2.05, 4.69) is 0 Å². The largest absolute Gasteiger partial charge is 1.00 e. The van der Waals surface area contributed by atoms with Crippen LogP contribution in [0.2, 0.25) is 0 Å². The van der Waals surface area contributed by atoms with Crippen molar-refractivity contribution in [3.8, 4) is 0 Å². The van der Waals surface area contributed by atoms with Gasteiger partial charge in [0.15, 0.2) is 0 Å². The van der Waals surface area contributed by atoms with Crippen molar-refractivity contribution >= 4 is 32.7 Å². The number of hydrogen-bond donors (Lipinski definition) is 1. The van der Waals surface area contributed by atoms with Gasteiger partial charge >= 0.3 is 29.6 Å². The van der Waals surface area contributed by atoms with Crippen molar-refractivity contribution in [3.63, 3.8) is 0 Å². The zero-order chi connectivity index (χ0) is 8.48. The molecule has 0 saturated heterocycles. The fourth-order valence-electron chi connectivity index (χ4n) is 0.654. The number of halogens is 1. The molecule has 0 amide bonds. The van der Waals surface area contributed by atoms with E-state index in [1.54, 1.807) is 18.2 Å². The van der Waals surface area contributed by atoms with E-state index in [0.29, 0.717) is 3.57 Å². The molecule has 0 heterocycles. The molecule has 0 radical (unpaired) electrons. The molecule has 0 aliphatic rings. The van der Waals surface area contributed by atoms with Crippen molar-refractivity contribution in [2.75, 3.05) is 0 Å². The smallest absolute Gasteiger partial charge is 1.00 e. The summed E-state index contributed by atoms with van der Waals surface area (Å²) < 4.78 is 30.4. The van der Waals surface area contributed by atoms with Gasteiger partial charge in [-0.3, -0.25) is 4.55 Å². The summed E-state index contributed by atoms with van der Waals surface area (Å²) in [6.07, 6.45) is 0. The van der Waals surface area contributed by atoms with Crippen molar-refractivity contribution in [3.05, 3.63) is 27.8 Å². The van der Waals surface area contributed by atoms with Crippen molar-refractivity contribution < 1.29 is 44.0 Å². The first-order valence-corrected chi connectivity index (χ1v) is 5.26. The van der Waals surface area contributed by atoms with E-state index in [-0.39, 0.29) is 35.9 Å². The summed E-state index contributed by atoms with van der Waals surface area (Å²) in [5.41, 5.74) is 0. The predicted octanol–water partition coefficient (Wildman–Crippen LogP) is -1.35. The molecule has 1 aromatic rings. The Labute approximate surface area is 108 Å². The summed E-state index contributed by atoms with van der Waals surface area (Å²) >= 11 is 1.85. The Bertz CT molecular complexity index is 368. The van der Waals surface area contributed by atoms with Crippen LogP contribution in [0.25, 0.3) is 0 Å². The average molecular weight is 308 g/mol. The Hall–Kier alpha value is 0.860. The maximum absolute atomic E-state index is 10.6. The summed E-state index contributed by atoms with van der Waals surface area (Å²) in [6.45, 7) is 0. The van der Waals surface area contributed by atoms with Crippen LogP contribution in [0.15, 0.2) is 29.2 Å². The monoisotopic (exact) mass is 308 g/mol. The van der Waals surface area contributed by atoms with Crippen molar-refractivity contribution in [2.24, 2.45) is 0 Å². The average Bonchev–Trinajstić information content (AvgIpc) is 1.86. The summed E-state index contributed by atoms with van der Waals surface area (Å²) in [6, 6.07) is 6.24. The fraction of sp³-hybridized carbons (Fsp3) is 0. The van der Waals surface area contributed by atoms with Gasteiger partial charge in [0.25, 0.3) is 10.1 Å². The van der Waals surface area contributed by atoms with Crippen LogP contribution in [-0.2, 0) is 10.1 Å². The molecule has 0 fully saturated rings. The van der Waals surface area contributed by atoms with E-state index in [9.17, 15) is 8.42 Å². The maximum atomic E-state index is 10.6. The standard InChI is InChI=1S/C6H5IO3S.Na.H/c7-5-3-1-2-4-6(5)11(8,9)10;;/h1-4H,(H,8,9,10);;/q;+1;-1. The predicted molar refractivity (Wildman–Crippen MR) is 50.1 cm³/mol. The normalized spacial score (nSPS) is 10.5. The second kappa shape index (κ2) is 4.92. The van der Waals surface area contributed by atoms with Crippen LogP contribution in [0.3, 0.4) is 0 Å². The SMILES string of the molecule is O=S(=O)(O)c1ccccc1I.[H-].[Na+]. The Morgan fingerprint density at radius 1 is 1.33 bits per heavy atom. The summed E-state index contributed by atoms with van der Waals surface area (Å²) in [4.78, 5) is -0.0411. The van der Waals surface area contributed by atoms with Gasteiger partial charge in [0, 0.05) is 3.57 Å². The van der Waals surface area contributed by atoms with Crippen LogP contribution in [0, 0.1) is 3.57 Å². The molecule has 0 saturated carbocycles. The number of benzene rings is 1. The molecule has 0 unspecified atom stereocenters. The van der Waals surface area contributed by atoms with Gasteiger partial charge in [0.05, 0.1) is 0 Å². The third-order valence-corrected chi connectivity index (χ3v) is 3.33. The molecule has 12 heavy (non-hydrogen) atoms. The Morgan fingerprint density at radius 2 is 1.83 bits per heavy atom. The molecule has 0 aromatic heterocycles. The van der Waals surface area contributed by atoms with Gasteiger partial charge in [0.2, 0.25) is 0 Å². The molecule has 1 N–H and O–H groups in total. The summed E-state index contributed by atoms with van der Waals surface area (Å²) in [5, 5.41) is 0. The third kappa shape index (κ3) is 3.31. The molecule has 3 nitrogen and oxygen atoms in total. The summed E-state index contributed by atoms with van der Waals surface area (Å²) in [5.74, 6) is 0. The number of rotatable bonds is 1. The van der Waals surface area contributed by atoms with E-state index in [1.165, 1.54) is 6.07 Å². The van der Waals surface area contributed by atoms with Crippen molar-refractivity contribution in [1.29, 1.82) is 0 Å². The zero-order valence-corrected chi connectivity index (χ0v) is 11.3. The molecule has 0 aliphatic heterocycles. The number of hydrogen-bond acceptors (Lipinski definition) is 2. The summed E-state index contributed by atoms with van der Waals surface area (Å²) in [7, 11) is -4.04. The third-order valence-electron chi connectivity index (χ3n) is 1.11. The van der Waals surface area contributed by atoms with Crippen LogP contribution in [0.5, 0.6) is 0 Å². The molecule has 1 aromatic carbocycles. The molecule has 0 spiro atoms. The van der Waals surface area contributed by atoms with Gasteiger partial charge in [0.1, 0.15) is 4.90 Å². The Balaban J connectivity index is 0. The molecular weight excluding hydrogens is 302 g/mol. The molecule has 0 atom stereocenters. The van der Waals surface area contributed by atoms with E-state index < -0.39 is 10.1 Å². The van der Waals surface area contributed by atoms with Crippen LogP contribution >= 0.6 is 22.6 Å². The molecule has 6 heteroatoms. The van der Waals surface area contributed by atoms with Gasteiger partial charge in [-0.05, 0) is 34.7 Å². The van der Waals surface area contributed by atoms with Crippen LogP contribution in [0.1, 0.15) is 1.43 Å². The minimum absolute atomic E-state index is 0. The molecule has 62 valence electrons. The second-order valence-corrected chi connectivity index (χ2v) is 4.46. The van der Waals surface area contributed by atoms with Crippen molar-refractivity contribution in [1.82, 2.24) is 0 Å². The van der Waals surface area contributed by atoms with E-state index >= 15 is 0 Å². The molecular formula is C6H6INaO3S. The fourth-order valence-corrected chi connectivity index (χ4v) is 2.44. The minimum Gasteiger partial charge on any atom is -1.00 e. The molecule has 0 bridgehead atoms. The van der Waals surface area contributed by atoms with Gasteiger partial charge in [-0.25, -0.2) is 0 Å². The van der Waals surface area contributed by atoms with Gasteiger partial charge in [-0.2, -0.15) is 8.42 Å². The van der Waals surface area contributed by atoms with Crippen LogP contribution in [0.4, 0.5) is 0 Å².